The average Bonchev–Trinajstić information content (AvgIpc) is 2.12. The van der Waals surface area contributed by atoms with Gasteiger partial charge in [-0.25, -0.2) is 0 Å². The lowest BCUT2D eigenvalue weighted by atomic mass is 9.75. The second kappa shape index (κ2) is 5.64. The van der Waals surface area contributed by atoms with E-state index in [-0.39, 0.29) is 0 Å². The molecule has 0 radical (unpaired) electrons. The van der Waals surface area contributed by atoms with Gasteiger partial charge in [0, 0.05) is 6.61 Å². The highest BCUT2D eigenvalue weighted by molar-refractivity contribution is 4.73. The lowest BCUT2D eigenvalue weighted by Crippen LogP contribution is -2.26. The molecule has 0 aliphatic heterocycles. The minimum Gasteiger partial charge on any atom is -0.396 e. The third-order valence-electron chi connectivity index (χ3n) is 3.90. The van der Waals surface area contributed by atoms with Crippen LogP contribution in [0.25, 0.3) is 0 Å². The molecule has 0 aliphatic rings. The zero-order valence-corrected chi connectivity index (χ0v) is 10.0. The minimum absolute atomic E-state index is 0.316. The van der Waals surface area contributed by atoms with E-state index >= 15 is 0 Å². The third-order valence-corrected chi connectivity index (χ3v) is 3.90. The van der Waals surface area contributed by atoms with E-state index < -0.39 is 0 Å². The van der Waals surface area contributed by atoms with Crippen molar-refractivity contribution in [3.05, 3.63) is 0 Å². The molecule has 0 saturated carbocycles. The largest absolute Gasteiger partial charge is 0.396 e. The number of rotatable bonds is 5. The first-order chi connectivity index (χ1) is 5.91. The SMILES string of the molecule is CC(C)C(C)C(C)C(C)C(C)CO. The molecule has 0 aromatic rings. The highest BCUT2D eigenvalue weighted by Crippen LogP contribution is 2.30. The molecule has 0 aromatic heterocycles. The van der Waals surface area contributed by atoms with Crippen LogP contribution in [0, 0.1) is 29.6 Å². The Morgan fingerprint density at radius 3 is 1.54 bits per heavy atom. The fourth-order valence-electron chi connectivity index (χ4n) is 1.77. The van der Waals surface area contributed by atoms with E-state index in [4.69, 9.17) is 5.11 Å². The Hall–Kier alpha value is -0.0400. The van der Waals surface area contributed by atoms with Gasteiger partial charge in [-0.05, 0) is 29.6 Å². The van der Waals surface area contributed by atoms with Crippen LogP contribution in [0.5, 0.6) is 0 Å². The Labute approximate surface area is 83.5 Å². The zero-order chi connectivity index (χ0) is 10.6. The average molecular weight is 186 g/mol. The van der Waals surface area contributed by atoms with Crippen molar-refractivity contribution in [2.24, 2.45) is 29.6 Å². The van der Waals surface area contributed by atoms with Crippen molar-refractivity contribution in [2.75, 3.05) is 6.61 Å². The third kappa shape index (κ3) is 3.68. The van der Waals surface area contributed by atoms with Crippen molar-refractivity contribution in [1.29, 1.82) is 0 Å². The molecule has 13 heavy (non-hydrogen) atoms. The van der Waals surface area contributed by atoms with Gasteiger partial charge in [0.2, 0.25) is 0 Å². The Morgan fingerprint density at radius 1 is 0.769 bits per heavy atom. The van der Waals surface area contributed by atoms with Gasteiger partial charge in [-0.1, -0.05) is 41.5 Å². The fraction of sp³-hybridized carbons (Fsp3) is 1.00. The van der Waals surface area contributed by atoms with Gasteiger partial charge in [0.25, 0.3) is 0 Å². The van der Waals surface area contributed by atoms with Crippen LogP contribution in [0.1, 0.15) is 41.5 Å². The Balaban J connectivity index is 4.15. The first-order valence-corrected chi connectivity index (χ1v) is 5.52. The van der Waals surface area contributed by atoms with E-state index in [0.717, 1.165) is 11.8 Å². The Bertz CT molecular complexity index is 131. The maximum Gasteiger partial charge on any atom is 0.0459 e. The normalized spacial score (nSPS) is 21.2. The topological polar surface area (TPSA) is 20.2 Å². The number of aliphatic hydroxyl groups is 1. The molecule has 0 heterocycles. The smallest absolute Gasteiger partial charge is 0.0459 e. The van der Waals surface area contributed by atoms with E-state index in [1.165, 1.54) is 0 Å². The highest BCUT2D eigenvalue weighted by atomic mass is 16.3. The van der Waals surface area contributed by atoms with Crippen LogP contribution in [-0.4, -0.2) is 11.7 Å². The van der Waals surface area contributed by atoms with Crippen LogP contribution in [0.3, 0.4) is 0 Å². The second-order valence-corrected chi connectivity index (χ2v) is 4.98. The molecule has 0 rings (SSSR count). The van der Waals surface area contributed by atoms with Crippen LogP contribution < -0.4 is 0 Å². The summed E-state index contributed by atoms with van der Waals surface area (Å²) >= 11 is 0. The molecule has 0 spiro atoms. The van der Waals surface area contributed by atoms with Crippen molar-refractivity contribution in [3.8, 4) is 0 Å². The van der Waals surface area contributed by atoms with E-state index in [9.17, 15) is 0 Å². The van der Waals surface area contributed by atoms with Crippen molar-refractivity contribution in [3.63, 3.8) is 0 Å². The summed E-state index contributed by atoms with van der Waals surface area (Å²) < 4.78 is 0. The van der Waals surface area contributed by atoms with Crippen molar-refractivity contribution in [2.45, 2.75) is 41.5 Å². The summed E-state index contributed by atoms with van der Waals surface area (Å²) in [5.41, 5.74) is 0. The fourth-order valence-corrected chi connectivity index (χ4v) is 1.77. The summed E-state index contributed by atoms with van der Waals surface area (Å²) in [6.45, 7) is 13.9. The van der Waals surface area contributed by atoms with Gasteiger partial charge in [0.1, 0.15) is 0 Å². The summed E-state index contributed by atoms with van der Waals surface area (Å²) in [4.78, 5) is 0. The summed E-state index contributed by atoms with van der Waals surface area (Å²) in [6.07, 6.45) is 0. The molecule has 4 atom stereocenters. The maximum absolute atomic E-state index is 9.07. The molecule has 0 bridgehead atoms. The number of hydrogen-bond acceptors (Lipinski definition) is 1. The van der Waals surface area contributed by atoms with E-state index in [2.05, 4.69) is 41.5 Å². The lowest BCUT2D eigenvalue weighted by molar-refractivity contribution is 0.125. The first-order valence-electron chi connectivity index (χ1n) is 5.52. The summed E-state index contributed by atoms with van der Waals surface area (Å²) in [5.74, 6) is 3.22. The first kappa shape index (κ1) is 13.0. The molecule has 1 N–H and O–H groups in total. The predicted octanol–water partition coefficient (Wildman–Crippen LogP) is 3.18. The summed E-state index contributed by atoms with van der Waals surface area (Å²) in [7, 11) is 0. The lowest BCUT2D eigenvalue weighted by Gasteiger charge is -2.31. The maximum atomic E-state index is 9.07. The predicted molar refractivity (Wildman–Crippen MR) is 58.6 cm³/mol. The molecule has 1 nitrogen and oxygen atoms in total. The molecule has 0 saturated heterocycles. The monoisotopic (exact) mass is 186 g/mol. The van der Waals surface area contributed by atoms with Crippen molar-refractivity contribution in [1.82, 2.24) is 0 Å². The molecule has 1 heteroatoms. The van der Waals surface area contributed by atoms with Gasteiger partial charge in [0.15, 0.2) is 0 Å². The highest BCUT2D eigenvalue weighted by Gasteiger charge is 2.24. The molecular formula is C12H26O. The van der Waals surface area contributed by atoms with Crippen molar-refractivity contribution < 1.29 is 5.11 Å². The minimum atomic E-state index is 0.316. The molecule has 0 aliphatic carbocycles. The van der Waals surface area contributed by atoms with E-state index in [1.807, 2.05) is 0 Å². The van der Waals surface area contributed by atoms with Crippen LogP contribution in [0.4, 0.5) is 0 Å². The van der Waals surface area contributed by atoms with Crippen molar-refractivity contribution >= 4 is 0 Å². The van der Waals surface area contributed by atoms with Gasteiger partial charge in [-0.15, -0.1) is 0 Å². The van der Waals surface area contributed by atoms with E-state index in [1.54, 1.807) is 0 Å². The van der Waals surface area contributed by atoms with E-state index in [0.29, 0.717) is 24.4 Å². The number of aliphatic hydroxyl groups excluding tert-OH is 1. The van der Waals surface area contributed by atoms with Gasteiger partial charge >= 0.3 is 0 Å². The van der Waals surface area contributed by atoms with Gasteiger partial charge in [-0.2, -0.15) is 0 Å². The molecular weight excluding hydrogens is 160 g/mol. The molecule has 0 fully saturated rings. The van der Waals surface area contributed by atoms with Gasteiger partial charge in [0.05, 0.1) is 0 Å². The molecule has 0 aromatic carbocycles. The summed E-state index contributed by atoms with van der Waals surface area (Å²) in [6, 6.07) is 0. The number of hydrogen-bond donors (Lipinski definition) is 1. The standard InChI is InChI=1S/C12H26O/c1-8(2)10(4)12(6)11(5)9(3)7-13/h8-13H,7H2,1-6H3. The quantitative estimate of drug-likeness (QED) is 0.699. The molecule has 0 amide bonds. The Kier molecular flexibility index (Phi) is 5.62. The van der Waals surface area contributed by atoms with Crippen LogP contribution in [-0.2, 0) is 0 Å². The molecule has 4 unspecified atom stereocenters. The van der Waals surface area contributed by atoms with Crippen LogP contribution >= 0.6 is 0 Å². The van der Waals surface area contributed by atoms with Gasteiger partial charge < -0.3 is 5.11 Å². The summed E-state index contributed by atoms with van der Waals surface area (Å²) in [5, 5.41) is 9.07. The Morgan fingerprint density at radius 2 is 1.23 bits per heavy atom. The van der Waals surface area contributed by atoms with Crippen LogP contribution in [0.15, 0.2) is 0 Å². The zero-order valence-electron chi connectivity index (χ0n) is 10.0. The van der Waals surface area contributed by atoms with Crippen LogP contribution in [0.2, 0.25) is 0 Å². The van der Waals surface area contributed by atoms with Gasteiger partial charge in [-0.3, -0.25) is 0 Å². The molecule has 80 valence electrons. The second-order valence-electron chi connectivity index (χ2n) is 4.98.